The summed E-state index contributed by atoms with van der Waals surface area (Å²) in [5.41, 5.74) is 1.96. The largest absolute Gasteiger partial charge is 0.380 e. The van der Waals surface area contributed by atoms with Gasteiger partial charge in [-0.15, -0.1) is 11.6 Å². The highest BCUT2D eigenvalue weighted by Crippen LogP contribution is 2.08. The highest BCUT2D eigenvalue weighted by molar-refractivity contribution is 6.16. The van der Waals surface area contributed by atoms with Crippen LogP contribution in [0.15, 0.2) is 18.3 Å². The van der Waals surface area contributed by atoms with Crippen molar-refractivity contribution in [1.29, 1.82) is 0 Å². The van der Waals surface area contributed by atoms with E-state index in [1.54, 1.807) is 13.3 Å². The van der Waals surface area contributed by atoms with Gasteiger partial charge in [0, 0.05) is 18.9 Å². The summed E-state index contributed by atoms with van der Waals surface area (Å²) in [6, 6.07) is 3.85. The van der Waals surface area contributed by atoms with Crippen LogP contribution in [0.25, 0.3) is 0 Å². The number of pyridine rings is 1. The van der Waals surface area contributed by atoms with Gasteiger partial charge in [0.1, 0.15) is 0 Å². The van der Waals surface area contributed by atoms with Crippen LogP contribution in [0.3, 0.4) is 0 Å². The third-order valence-electron chi connectivity index (χ3n) is 1.41. The Morgan fingerprint density at radius 3 is 3.09 bits per heavy atom. The third-order valence-corrected chi connectivity index (χ3v) is 1.66. The van der Waals surface area contributed by atoms with Crippen LogP contribution < -0.4 is 0 Å². The van der Waals surface area contributed by atoms with E-state index in [1.165, 1.54) is 0 Å². The molecule has 0 saturated heterocycles. The van der Waals surface area contributed by atoms with Gasteiger partial charge >= 0.3 is 0 Å². The third kappa shape index (κ3) is 2.17. The van der Waals surface area contributed by atoms with Gasteiger partial charge in [-0.1, -0.05) is 6.07 Å². The molecule has 1 heterocycles. The smallest absolute Gasteiger partial charge is 0.0731 e. The first kappa shape index (κ1) is 8.50. The van der Waals surface area contributed by atoms with E-state index in [2.05, 4.69) is 4.98 Å². The Hall–Kier alpha value is -0.600. The molecule has 0 aliphatic heterocycles. The molecule has 0 bridgehead atoms. The maximum absolute atomic E-state index is 5.65. The molecule has 0 aliphatic rings. The normalized spacial score (nSPS) is 10.0. The summed E-state index contributed by atoms with van der Waals surface area (Å²) in [6.45, 7) is 0.579. The van der Waals surface area contributed by atoms with Crippen molar-refractivity contribution in [2.24, 2.45) is 0 Å². The second-order valence-corrected chi connectivity index (χ2v) is 2.44. The van der Waals surface area contributed by atoms with Crippen LogP contribution in [0.4, 0.5) is 0 Å². The Morgan fingerprint density at radius 2 is 2.45 bits per heavy atom. The van der Waals surface area contributed by atoms with Crippen LogP contribution in [-0.2, 0) is 17.2 Å². The fourth-order valence-corrected chi connectivity index (χ4v) is 1.12. The molecule has 0 atom stereocenters. The monoisotopic (exact) mass is 171 g/mol. The summed E-state index contributed by atoms with van der Waals surface area (Å²) < 4.78 is 4.97. The standard InChI is InChI=1S/C8H10ClNO/c1-11-6-7-3-2-4-10-8(7)5-9/h2-4H,5-6H2,1H3. The van der Waals surface area contributed by atoms with Gasteiger partial charge in [0.2, 0.25) is 0 Å². The number of nitrogens with zero attached hydrogens (tertiary/aromatic N) is 1. The molecule has 60 valence electrons. The van der Waals surface area contributed by atoms with Gasteiger partial charge in [0.25, 0.3) is 0 Å². The van der Waals surface area contributed by atoms with Gasteiger partial charge in [-0.2, -0.15) is 0 Å². The zero-order valence-electron chi connectivity index (χ0n) is 6.38. The van der Waals surface area contributed by atoms with Crippen molar-refractivity contribution >= 4 is 11.6 Å². The van der Waals surface area contributed by atoms with Crippen LogP contribution >= 0.6 is 11.6 Å². The van der Waals surface area contributed by atoms with E-state index in [1.807, 2.05) is 12.1 Å². The van der Waals surface area contributed by atoms with Gasteiger partial charge in [-0.05, 0) is 6.07 Å². The van der Waals surface area contributed by atoms with Crippen molar-refractivity contribution in [3.63, 3.8) is 0 Å². The Labute approximate surface area is 71.2 Å². The first-order chi connectivity index (χ1) is 5.38. The number of ether oxygens (including phenoxy) is 1. The van der Waals surface area contributed by atoms with E-state index in [-0.39, 0.29) is 0 Å². The number of methoxy groups -OCH3 is 1. The first-order valence-corrected chi connectivity index (χ1v) is 3.89. The van der Waals surface area contributed by atoms with Gasteiger partial charge in [0.15, 0.2) is 0 Å². The molecule has 1 aromatic heterocycles. The Balaban J connectivity index is 2.83. The molecule has 0 spiro atoms. The molecule has 0 aromatic carbocycles. The minimum Gasteiger partial charge on any atom is -0.380 e. The molecule has 1 rings (SSSR count). The van der Waals surface area contributed by atoms with Crippen molar-refractivity contribution in [2.45, 2.75) is 12.5 Å². The minimum atomic E-state index is 0.444. The predicted molar refractivity (Wildman–Crippen MR) is 44.5 cm³/mol. The maximum atomic E-state index is 5.65. The average molecular weight is 172 g/mol. The lowest BCUT2D eigenvalue weighted by molar-refractivity contribution is 0.184. The fourth-order valence-electron chi connectivity index (χ4n) is 0.879. The second kappa shape index (κ2) is 4.31. The molecule has 1 aromatic rings. The van der Waals surface area contributed by atoms with Gasteiger partial charge < -0.3 is 4.74 Å². The van der Waals surface area contributed by atoms with E-state index >= 15 is 0 Å². The molecule has 0 radical (unpaired) electrons. The molecule has 11 heavy (non-hydrogen) atoms. The molecule has 2 nitrogen and oxygen atoms in total. The minimum absolute atomic E-state index is 0.444. The molecule has 0 unspecified atom stereocenters. The predicted octanol–water partition coefficient (Wildman–Crippen LogP) is 1.97. The first-order valence-electron chi connectivity index (χ1n) is 3.36. The highest BCUT2D eigenvalue weighted by Gasteiger charge is 1.99. The molecular weight excluding hydrogens is 162 g/mol. The molecule has 0 amide bonds. The average Bonchev–Trinajstić information content (AvgIpc) is 2.06. The van der Waals surface area contributed by atoms with Crippen molar-refractivity contribution in [1.82, 2.24) is 4.98 Å². The summed E-state index contributed by atoms with van der Waals surface area (Å²) in [6.07, 6.45) is 1.73. The molecule has 0 fully saturated rings. The molecule has 0 saturated carbocycles. The number of hydrogen-bond acceptors (Lipinski definition) is 2. The van der Waals surface area contributed by atoms with Crippen LogP contribution in [0.5, 0.6) is 0 Å². The topological polar surface area (TPSA) is 22.1 Å². The SMILES string of the molecule is COCc1cccnc1CCl. The lowest BCUT2D eigenvalue weighted by Gasteiger charge is -2.02. The highest BCUT2D eigenvalue weighted by atomic mass is 35.5. The summed E-state index contributed by atoms with van der Waals surface area (Å²) in [5, 5.41) is 0. The molecule has 3 heteroatoms. The van der Waals surface area contributed by atoms with Crippen LogP contribution in [0.2, 0.25) is 0 Å². The molecule has 0 N–H and O–H groups in total. The second-order valence-electron chi connectivity index (χ2n) is 2.18. The molecule has 0 aliphatic carbocycles. The number of hydrogen-bond donors (Lipinski definition) is 0. The molecular formula is C8H10ClNO. The van der Waals surface area contributed by atoms with Gasteiger partial charge in [-0.25, -0.2) is 0 Å². The fraction of sp³-hybridized carbons (Fsp3) is 0.375. The summed E-state index contributed by atoms with van der Waals surface area (Å²) in [4.78, 5) is 4.10. The van der Waals surface area contributed by atoms with E-state index in [9.17, 15) is 0 Å². The van der Waals surface area contributed by atoms with Gasteiger partial charge in [-0.3, -0.25) is 4.98 Å². The van der Waals surface area contributed by atoms with Crippen molar-refractivity contribution in [2.75, 3.05) is 7.11 Å². The maximum Gasteiger partial charge on any atom is 0.0731 e. The zero-order chi connectivity index (χ0) is 8.10. The van der Waals surface area contributed by atoms with E-state index in [4.69, 9.17) is 16.3 Å². The van der Waals surface area contributed by atoms with Crippen LogP contribution in [0.1, 0.15) is 11.3 Å². The van der Waals surface area contributed by atoms with Crippen LogP contribution in [0, 0.1) is 0 Å². The summed E-state index contributed by atoms with van der Waals surface area (Å²) in [7, 11) is 1.66. The quantitative estimate of drug-likeness (QED) is 0.649. The number of halogens is 1. The van der Waals surface area contributed by atoms with Crippen molar-refractivity contribution < 1.29 is 4.74 Å². The lowest BCUT2D eigenvalue weighted by Crippen LogP contribution is -1.95. The van der Waals surface area contributed by atoms with Crippen molar-refractivity contribution in [3.8, 4) is 0 Å². The van der Waals surface area contributed by atoms with E-state index in [0.29, 0.717) is 12.5 Å². The lowest BCUT2D eigenvalue weighted by atomic mass is 10.2. The van der Waals surface area contributed by atoms with Crippen LogP contribution in [-0.4, -0.2) is 12.1 Å². The Morgan fingerprint density at radius 1 is 1.64 bits per heavy atom. The number of aromatic nitrogens is 1. The number of rotatable bonds is 3. The Bertz CT molecular complexity index is 227. The zero-order valence-corrected chi connectivity index (χ0v) is 7.14. The Kier molecular flexibility index (Phi) is 3.33. The number of alkyl halides is 1. The van der Waals surface area contributed by atoms with Gasteiger partial charge in [0.05, 0.1) is 18.2 Å². The van der Waals surface area contributed by atoms with E-state index in [0.717, 1.165) is 11.3 Å². The van der Waals surface area contributed by atoms with Crippen molar-refractivity contribution in [3.05, 3.63) is 29.6 Å². The summed E-state index contributed by atoms with van der Waals surface area (Å²) >= 11 is 5.65. The van der Waals surface area contributed by atoms with E-state index < -0.39 is 0 Å². The summed E-state index contributed by atoms with van der Waals surface area (Å²) in [5.74, 6) is 0.444.